The van der Waals surface area contributed by atoms with E-state index in [1.165, 1.54) is 0 Å². The zero-order valence-corrected chi connectivity index (χ0v) is 10.1. The fourth-order valence-electron chi connectivity index (χ4n) is 1.88. The summed E-state index contributed by atoms with van der Waals surface area (Å²) in [7, 11) is 0. The molecule has 7 heteroatoms. The van der Waals surface area contributed by atoms with Crippen molar-refractivity contribution in [3.63, 3.8) is 0 Å². The van der Waals surface area contributed by atoms with E-state index >= 15 is 0 Å². The summed E-state index contributed by atoms with van der Waals surface area (Å²) in [5.41, 5.74) is -2.01. The summed E-state index contributed by atoms with van der Waals surface area (Å²) in [6, 6.07) is 1.53. The highest BCUT2D eigenvalue weighted by molar-refractivity contribution is 5.85. The van der Waals surface area contributed by atoms with Crippen LogP contribution in [0.2, 0.25) is 0 Å². The van der Waals surface area contributed by atoms with E-state index in [1.54, 1.807) is 13.8 Å². The van der Waals surface area contributed by atoms with Crippen LogP contribution >= 0.6 is 0 Å². The van der Waals surface area contributed by atoms with Gasteiger partial charge in [0.25, 0.3) is 5.56 Å². The summed E-state index contributed by atoms with van der Waals surface area (Å²) in [5.74, 6) is -1.77. The van der Waals surface area contributed by atoms with Crippen molar-refractivity contribution in [1.29, 1.82) is 0 Å². The minimum absolute atomic E-state index is 0.0956. The zero-order valence-electron chi connectivity index (χ0n) is 10.1. The molecule has 0 saturated heterocycles. The van der Waals surface area contributed by atoms with Crippen LogP contribution in [0, 0.1) is 5.82 Å². The number of halogens is 4. The van der Waals surface area contributed by atoms with Gasteiger partial charge in [0.15, 0.2) is 0 Å². The number of hydrogen-bond acceptors (Lipinski definition) is 2. The van der Waals surface area contributed by atoms with E-state index in [1.807, 2.05) is 0 Å². The van der Waals surface area contributed by atoms with E-state index in [-0.39, 0.29) is 22.4 Å². The number of aromatic nitrogens is 2. The molecule has 0 bridgehead atoms. The Balaban J connectivity index is 2.95. The van der Waals surface area contributed by atoms with Gasteiger partial charge in [-0.1, -0.05) is 13.8 Å². The average molecular weight is 274 g/mol. The molecule has 0 spiro atoms. The minimum Gasteiger partial charge on any atom is -0.267 e. The highest BCUT2D eigenvalue weighted by Gasteiger charge is 2.35. The second kappa shape index (κ2) is 4.32. The maximum Gasteiger partial charge on any atom is 0.419 e. The Morgan fingerprint density at radius 3 is 2.42 bits per heavy atom. The van der Waals surface area contributed by atoms with E-state index in [0.29, 0.717) is 6.07 Å². The first-order valence-corrected chi connectivity index (χ1v) is 5.51. The third-order valence-electron chi connectivity index (χ3n) is 2.77. The zero-order chi connectivity index (χ0) is 14.4. The van der Waals surface area contributed by atoms with Crippen LogP contribution in [0.25, 0.3) is 10.8 Å². The lowest BCUT2D eigenvalue weighted by molar-refractivity contribution is -0.139. The summed E-state index contributed by atoms with van der Waals surface area (Å²) in [4.78, 5) is 11.5. The Morgan fingerprint density at radius 1 is 1.26 bits per heavy atom. The maximum absolute atomic E-state index is 14.1. The average Bonchev–Trinajstić information content (AvgIpc) is 2.28. The molecule has 1 N–H and O–H groups in total. The second-order valence-electron chi connectivity index (χ2n) is 4.44. The molecule has 1 aromatic heterocycles. The van der Waals surface area contributed by atoms with Gasteiger partial charge in [0.1, 0.15) is 5.82 Å². The monoisotopic (exact) mass is 274 g/mol. The van der Waals surface area contributed by atoms with Gasteiger partial charge in [-0.2, -0.15) is 18.3 Å². The molecule has 1 aromatic carbocycles. The number of H-pyrrole nitrogens is 1. The van der Waals surface area contributed by atoms with Crippen molar-refractivity contribution in [2.24, 2.45) is 0 Å². The van der Waals surface area contributed by atoms with E-state index in [2.05, 4.69) is 10.2 Å². The summed E-state index contributed by atoms with van der Waals surface area (Å²) in [6.07, 6.45) is -4.81. The molecule has 0 radical (unpaired) electrons. The van der Waals surface area contributed by atoms with Gasteiger partial charge >= 0.3 is 6.18 Å². The van der Waals surface area contributed by atoms with Crippen LogP contribution in [-0.2, 0) is 6.18 Å². The molecule has 0 aliphatic heterocycles. The van der Waals surface area contributed by atoms with E-state index in [4.69, 9.17) is 0 Å². The van der Waals surface area contributed by atoms with Gasteiger partial charge in [0.05, 0.1) is 16.6 Å². The number of benzene rings is 1. The number of aromatic amines is 1. The lowest BCUT2D eigenvalue weighted by Crippen LogP contribution is -2.16. The lowest BCUT2D eigenvalue weighted by atomic mass is 10.00. The van der Waals surface area contributed by atoms with Crippen molar-refractivity contribution < 1.29 is 17.6 Å². The predicted molar refractivity (Wildman–Crippen MR) is 61.4 cm³/mol. The van der Waals surface area contributed by atoms with Crippen molar-refractivity contribution in [1.82, 2.24) is 10.2 Å². The number of fused-ring (bicyclic) bond motifs is 1. The van der Waals surface area contributed by atoms with Gasteiger partial charge < -0.3 is 0 Å². The highest BCUT2D eigenvalue weighted by Crippen LogP contribution is 2.35. The number of alkyl halides is 3. The molecular formula is C12H10F4N2O. The smallest absolute Gasteiger partial charge is 0.267 e. The predicted octanol–water partition coefficient (Wildman–Crippen LogP) is 3.20. The van der Waals surface area contributed by atoms with Gasteiger partial charge in [-0.05, 0) is 18.1 Å². The van der Waals surface area contributed by atoms with Crippen LogP contribution in [0.15, 0.2) is 16.9 Å². The van der Waals surface area contributed by atoms with Crippen molar-refractivity contribution in [3.05, 3.63) is 39.6 Å². The molecule has 1 heterocycles. The van der Waals surface area contributed by atoms with Gasteiger partial charge in [-0.15, -0.1) is 0 Å². The molecule has 0 aliphatic carbocycles. The molecule has 102 valence electrons. The van der Waals surface area contributed by atoms with Gasteiger partial charge in [0, 0.05) is 5.39 Å². The van der Waals surface area contributed by atoms with Gasteiger partial charge in [-0.25, -0.2) is 9.49 Å². The summed E-state index contributed by atoms with van der Waals surface area (Å²) in [5, 5.41) is 5.30. The molecule has 0 aliphatic rings. The molecule has 3 nitrogen and oxygen atoms in total. The van der Waals surface area contributed by atoms with Gasteiger partial charge in [0.2, 0.25) is 0 Å². The van der Waals surface area contributed by atoms with Crippen LogP contribution in [0.3, 0.4) is 0 Å². The van der Waals surface area contributed by atoms with Crippen LogP contribution < -0.4 is 5.56 Å². The minimum atomic E-state index is -4.81. The summed E-state index contributed by atoms with van der Waals surface area (Å²) < 4.78 is 52.0. The fourth-order valence-corrected chi connectivity index (χ4v) is 1.88. The maximum atomic E-state index is 14.1. The number of hydrogen-bond donors (Lipinski definition) is 1. The molecule has 0 fully saturated rings. The second-order valence-corrected chi connectivity index (χ2v) is 4.44. The van der Waals surface area contributed by atoms with Crippen molar-refractivity contribution in [3.8, 4) is 0 Å². The first-order chi connectivity index (χ1) is 8.73. The van der Waals surface area contributed by atoms with Crippen LogP contribution in [0.1, 0.15) is 31.0 Å². The Morgan fingerprint density at radius 2 is 1.89 bits per heavy atom. The van der Waals surface area contributed by atoms with Crippen molar-refractivity contribution >= 4 is 10.8 Å². The molecule has 2 rings (SSSR count). The SMILES string of the molecule is CC(C)c1n[nH]c(=O)c2ccc(C(F)(F)F)c(F)c12. The van der Waals surface area contributed by atoms with Gasteiger partial charge in [-0.3, -0.25) is 4.79 Å². The van der Waals surface area contributed by atoms with E-state index in [9.17, 15) is 22.4 Å². The Hall–Kier alpha value is -1.92. The topological polar surface area (TPSA) is 45.8 Å². The normalized spacial score (nSPS) is 12.4. The third-order valence-corrected chi connectivity index (χ3v) is 2.77. The number of nitrogens with one attached hydrogen (secondary N) is 1. The largest absolute Gasteiger partial charge is 0.419 e. The van der Waals surface area contributed by atoms with E-state index < -0.39 is 23.1 Å². The van der Waals surface area contributed by atoms with Crippen LogP contribution in [-0.4, -0.2) is 10.2 Å². The lowest BCUT2D eigenvalue weighted by Gasteiger charge is -2.13. The molecular weight excluding hydrogens is 264 g/mol. The molecule has 0 unspecified atom stereocenters. The van der Waals surface area contributed by atoms with E-state index in [0.717, 1.165) is 6.07 Å². The Bertz CT molecular complexity index is 688. The van der Waals surface area contributed by atoms with Crippen molar-refractivity contribution in [2.75, 3.05) is 0 Å². The fraction of sp³-hybridized carbons (Fsp3) is 0.333. The van der Waals surface area contributed by atoms with Crippen molar-refractivity contribution in [2.45, 2.75) is 25.9 Å². The Kier molecular flexibility index (Phi) is 3.07. The molecule has 0 amide bonds. The first kappa shape index (κ1) is 13.5. The first-order valence-electron chi connectivity index (χ1n) is 5.51. The summed E-state index contributed by atoms with van der Waals surface area (Å²) in [6.45, 7) is 3.31. The molecule has 0 atom stereocenters. The quantitative estimate of drug-likeness (QED) is 0.812. The van der Waals surface area contributed by atoms with Crippen LogP contribution in [0.4, 0.5) is 17.6 Å². The molecule has 0 saturated carbocycles. The Labute approximate surface area is 105 Å². The highest BCUT2D eigenvalue weighted by atomic mass is 19.4. The molecule has 2 aromatic rings. The molecule has 19 heavy (non-hydrogen) atoms. The standard InChI is InChI=1S/C12H10F4N2O/c1-5(2)10-8-6(11(19)18-17-10)3-4-7(9(8)13)12(14,15)16/h3-5H,1-2H3,(H,18,19). The van der Waals surface area contributed by atoms with Crippen LogP contribution in [0.5, 0.6) is 0 Å². The third kappa shape index (κ3) is 2.20. The summed E-state index contributed by atoms with van der Waals surface area (Å²) >= 11 is 0. The number of nitrogens with zero attached hydrogens (tertiary/aromatic N) is 1. The number of rotatable bonds is 1.